The number of carbonyl (C=O) groups is 1. The van der Waals surface area contributed by atoms with E-state index in [9.17, 15) is 4.79 Å². The van der Waals surface area contributed by atoms with Crippen molar-refractivity contribution in [3.63, 3.8) is 0 Å². The second-order valence-electron chi connectivity index (χ2n) is 6.83. The van der Waals surface area contributed by atoms with Crippen molar-refractivity contribution in [2.45, 2.75) is 51.5 Å². The fraction of sp³-hybridized carbons (Fsp3) is 0.667. The van der Waals surface area contributed by atoms with Crippen LogP contribution < -0.4 is 10.1 Å². The van der Waals surface area contributed by atoms with Gasteiger partial charge in [0.1, 0.15) is 5.75 Å². The maximum Gasteiger partial charge on any atom is 0.317 e. The van der Waals surface area contributed by atoms with Gasteiger partial charge in [-0.2, -0.15) is 0 Å². The van der Waals surface area contributed by atoms with Crippen LogP contribution in [0.15, 0.2) is 18.3 Å². The quantitative estimate of drug-likeness (QED) is 0.928. The van der Waals surface area contributed by atoms with Crippen molar-refractivity contribution in [1.82, 2.24) is 15.2 Å². The summed E-state index contributed by atoms with van der Waals surface area (Å²) < 4.78 is 5.89. The number of urea groups is 1. The minimum atomic E-state index is 0.112. The normalized spacial score (nSPS) is 22.1. The first kappa shape index (κ1) is 16.1. The van der Waals surface area contributed by atoms with Gasteiger partial charge in [-0.1, -0.05) is 12.8 Å². The summed E-state index contributed by atoms with van der Waals surface area (Å²) in [6.45, 7) is 4.28. The standard InChI is InChI=1S/C18H27N3O2/c1-14-11-17(8-9-19-14)23-13-15-5-4-10-21(12-15)18(22)20-16-6-2-3-7-16/h8-9,11,15-16H,2-7,10,12-13H2,1H3,(H,20,22). The molecule has 0 aromatic carbocycles. The lowest BCUT2D eigenvalue weighted by Gasteiger charge is -2.33. The Bertz CT molecular complexity index is 529. The molecule has 1 saturated carbocycles. The Morgan fingerprint density at radius 3 is 2.96 bits per heavy atom. The first-order chi connectivity index (χ1) is 11.2. The van der Waals surface area contributed by atoms with E-state index in [4.69, 9.17) is 4.74 Å². The summed E-state index contributed by atoms with van der Waals surface area (Å²) in [5.74, 6) is 1.27. The number of amides is 2. The first-order valence-corrected chi connectivity index (χ1v) is 8.81. The van der Waals surface area contributed by atoms with E-state index in [0.29, 0.717) is 18.6 Å². The number of likely N-dealkylation sites (tertiary alicyclic amines) is 1. The smallest absolute Gasteiger partial charge is 0.317 e. The number of hydrogen-bond acceptors (Lipinski definition) is 3. The zero-order valence-electron chi connectivity index (χ0n) is 14.0. The summed E-state index contributed by atoms with van der Waals surface area (Å²) >= 11 is 0. The Hall–Kier alpha value is -1.78. The summed E-state index contributed by atoms with van der Waals surface area (Å²) in [6.07, 6.45) is 8.70. The molecule has 1 unspecified atom stereocenters. The van der Waals surface area contributed by atoms with E-state index in [1.165, 1.54) is 12.8 Å². The Balaban J connectivity index is 1.46. The van der Waals surface area contributed by atoms with Crippen molar-refractivity contribution in [2.24, 2.45) is 5.92 Å². The van der Waals surface area contributed by atoms with Gasteiger partial charge in [0.05, 0.1) is 6.61 Å². The van der Waals surface area contributed by atoms with Gasteiger partial charge in [0.15, 0.2) is 0 Å². The van der Waals surface area contributed by atoms with Crippen molar-refractivity contribution in [1.29, 1.82) is 0 Å². The lowest BCUT2D eigenvalue weighted by molar-refractivity contribution is 0.135. The summed E-state index contributed by atoms with van der Waals surface area (Å²) in [5, 5.41) is 3.19. The molecule has 126 valence electrons. The highest BCUT2D eigenvalue weighted by molar-refractivity contribution is 5.74. The SMILES string of the molecule is Cc1cc(OCC2CCCN(C(=O)NC3CCCC3)C2)ccn1. The van der Waals surface area contributed by atoms with Gasteiger partial charge in [-0.3, -0.25) is 4.98 Å². The Morgan fingerprint density at radius 2 is 2.17 bits per heavy atom. The van der Waals surface area contributed by atoms with Crippen molar-refractivity contribution in [3.05, 3.63) is 24.0 Å². The third-order valence-electron chi connectivity index (χ3n) is 4.84. The highest BCUT2D eigenvalue weighted by Gasteiger charge is 2.26. The van der Waals surface area contributed by atoms with E-state index in [2.05, 4.69) is 10.3 Å². The first-order valence-electron chi connectivity index (χ1n) is 8.81. The van der Waals surface area contributed by atoms with Crippen molar-refractivity contribution < 1.29 is 9.53 Å². The van der Waals surface area contributed by atoms with Crippen LogP contribution in [0.3, 0.4) is 0 Å². The molecule has 0 spiro atoms. The van der Waals surface area contributed by atoms with Crippen LogP contribution in [-0.2, 0) is 0 Å². The van der Waals surface area contributed by atoms with Crippen LogP contribution in [0.25, 0.3) is 0 Å². The third kappa shape index (κ3) is 4.60. The summed E-state index contributed by atoms with van der Waals surface area (Å²) in [7, 11) is 0. The predicted molar refractivity (Wildman–Crippen MR) is 89.6 cm³/mol. The fourth-order valence-electron chi connectivity index (χ4n) is 3.55. The number of aryl methyl sites for hydroxylation is 1. The lowest BCUT2D eigenvalue weighted by atomic mass is 9.99. The van der Waals surface area contributed by atoms with Crippen LogP contribution in [0.1, 0.15) is 44.2 Å². The van der Waals surface area contributed by atoms with Gasteiger partial charge in [0.25, 0.3) is 0 Å². The molecular formula is C18H27N3O2. The van der Waals surface area contributed by atoms with Gasteiger partial charge in [-0.05, 0) is 38.7 Å². The van der Waals surface area contributed by atoms with Crippen molar-refractivity contribution in [3.8, 4) is 5.75 Å². The number of nitrogens with one attached hydrogen (secondary N) is 1. The molecule has 1 aliphatic carbocycles. The number of hydrogen-bond donors (Lipinski definition) is 1. The van der Waals surface area contributed by atoms with Gasteiger partial charge in [-0.25, -0.2) is 4.79 Å². The molecule has 23 heavy (non-hydrogen) atoms. The molecule has 2 fully saturated rings. The number of ether oxygens (including phenoxy) is 1. The Morgan fingerprint density at radius 1 is 1.35 bits per heavy atom. The Labute approximate surface area is 138 Å². The van der Waals surface area contributed by atoms with E-state index in [0.717, 1.165) is 50.2 Å². The molecule has 5 heteroatoms. The highest BCUT2D eigenvalue weighted by atomic mass is 16.5. The summed E-state index contributed by atoms with van der Waals surface area (Å²) in [4.78, 5) is 18.5. The fourth-order valence-corrected chi connectivity index (χ4v) is 3.55. The molecule has 3 rings (SSSR count). The molecule has 2 aliphatic rings. The second kappa shape index (κ2) is 7.66. The highest BCUT2D eigenvalue weighted by Crippen LogP contribution is 2.21. The molecule has 5 nitrogen and oxygen atoms in total. The average Bonchev–Trinajstić information content (AvgIpc) is 3.06. The molecule has 2 heterocycles. The van der Waals surface area contributed by atoms with Crippen LogP contribution in [0.4, 0.5) is 4.79 Å². The van der Waals surface area contributed by atoms with Gasteiger partial charge in [0.2, 0.25) is 0 Å². The Kier molecular flexibility index (Phi) is 5.36. The zero-order valence-corrected chi connectivity index (χ0v) is 14.0. The van der Waals surface area contributed by atoms with Crippen molar-refractivity contribution in [2.75, 3.05) is 19.7 Å². The van der Waals surface area contributed by atoms with Crippen LogP contribution in [-0.4, -0.2) is 41.7 Å². The number of aromatic nitrogens is 1. The minimum absolute atomic E-state index is 0.112. The van der Waals surface area contributed by atoms with E-state index in [-0.39, 0.29) is 6.03 Å². The van der Waals surface area contributed by atoms with Crippen molar-refractivity contribution >= 4 is 6.03 Å². The van der Waals surface area contributed by atoms with Crippen LogP contribution in [0, 0.1) is 12.8 Å². The molecule has 0 bridgehead atoms. The monoisotopic (exact) mass is 317 g/mol. The molecule has 1 saturated heterocycles. The predicted octanol–water partition coefficient (Wildman–Crippen LogP) is 3.13. The topological polar surface area (TPSA) is 54.5 Å². The van der Waals surface area contributed by atoms with E-state index < -0.39 is 0 Å². The van der Waals surface area contributed by atoms with E-state index in [1.807, 2.05) is 24.0 Å². The van der Waals surface area contributed by atoms with Gasteiger partial charge >= 0.3 is 6.03 Å². The van der Waals surface area contributed by atoms with Crippen LogP contribution >= 0.6 is 0 Å². The molecule has 1 aliphatic heterocycles. The van der Waals surface area contributed by atoms with E-state index >= 15 is 0 Å². The van der Waals surface area contributed by atoms with Gasteiger partial charge in [-0.15, -0.1) is 0 Å². The van der Waals surface area contributed by atoms with Gasteiger partial charge < -0.3 is 15.0 Å². The molecule has 1 aromatic rings. The number of carbonyl (C=O) groups excluding carboxylic acids is 1. The number of nitrogens with zero attached hydrogens (tertiary/aromatic N) is 2. The number of piperidine rings is 1. The van der Waals surface area contributed by atoms with Crippen LogP contribution in [0.2, 0.25) is 0 Å². The molecule has 1 N–H and O–H groups in total. The largest absolute Gasteiger partial charge is 0.493 e. The minimum Gasteiger partial charge on any atom is -0.493 e. The lowest BCUT2D eigenvalue weighted by Crippen LogP contribution is -2.48. The summed E-state index contributed by atoms with van der Waals surface area (Å²) in [6, 6.07) is 4.34. The molecular weight excluding hydrogens is 290 g/mol. The maximum atomic E-state index is 12.4. The maximum absolute atomic E-state index is 12.4. The zero-order chi connectivity index (χ0) is 16.1. The molecule has 2 amide bonds. The number of pyridine rings is 1. The molecule has 1 aromatic heterocycles. The van der Waals surface area contributed by atoms with Gasteiger partial charge in [0, 0.05) is 43.0 Å². The third-order valence-corrected chi connectivity index (χ3v) is 4.84. The summed E-state index contributed by atoms with van der Waals surface area (Å²) in [5.41, 5.74) is 0.962. The molecule has 1 atom stereocenters. The average molecular weight is 317 g/mol. The van der Waals surface area contributed by atoms with Crippen LogP contribution in [0.5, 0.6) is 5.75 Å². The molecule has 0 radical (unpaired) electrons. The number of rotatable bonds is 4. The second-order valence-corrected chi connectivity index (χ2v) is 6.83. The van der Waals surface area contributed by atoms with E-state index in [1.54, 1.807) is 6.20 Å².